The molecule has 13 heteroatoms. The van der Waals surface area contributed by atoms with Gasteiger partial charge in [0.15, 0.2) is 0 Å². The zero-order valence-electron chi connectivity index (χ0n) is 6.99. The Hall–Kier alpha value is 0.890. The molecule has 0 aliphatic heterocycles. The van der Waals surface area contributed by atoms with E-state index < -0.39 is 21.5 Å². The normalized spacial score (nSPS) is 12.4. The lowest BCUT2D eigenvalue weighted by molar-refractivity contribution is -0.0960. The summed E-state index contributed by atoms with van der Waals surface area (Å²) < 4.78 is 85.8. The van der Waals surface area contributed by atoms with E-state index in [0.717, 1.165) is 0 Å². The maximum Gasteiger partial charge on any atom is 0.401 e. The highest BCUT2D eigenvalue weighted by molar-refractivity contribution is 6.45. The summed E-state index contributed by atoms with van der Waals surface area (Å²) in [5.74, 6) is -2.69. The highest BCUT2D eigenvalue weighted by Crippen LogP contribution is 2.40. The summed E-state index contributed by atoms with van der Waals surface area (Å²) in [5.41, 5.74) is 0. The van der Waals surface area contributed by atoms with Gasteiger partial charge in [-0.15, -0.1) is 0 Å². The van der Waals surface area contributed by atoms with Crippen LogP contribution in [-0.4, -0.2) is 21.5 Å². The van der Waals surface area contributed by atoms with Crippen LogP contribution in [0.2, 0.25) is 0 Å². The molecule has 0 amide bonds. The topological polar surface area (TPSA) is 0 Å². The molecule has 0 bridgehead atoms. The Balaban J connectivity index is -0.000000188. The largest absolute Gasteiger partial charge is 0.401 e. The Morgan fingerprint density at radius 2 is 0.706 bits per heavy atom. The molecule has 0 saturated heterocycles. The average Bonchev–Trinajstić information content (AvgIpc) is 1.73. The third-order valence-corrected chi connectivity index (χ3v) is 0.893. The van der Waals surface area contributed by atoms with E-state index in [9.17, 15) is 35.1 Å². The summed E-state index contributed by atoms with van der Waals surface area (Å²) >= 11 is 19.5. The predicted octanol–water partition coefficient (Wildman–Crippen LogP) is 6.11. The molecule has 0 nitrogen and oxygen atoms in total. The highest BCUT2D eigenvalue weighted by Gasteiger charge is 2.53. The van der Waals surface area contributed by atoms with Crippen LogP contribution in [0.1, 0.15) is 0 Å². The van der Waals surface area contributed by atoms with Crippen LogP contribution < -0.4 is 0 Å². The van der Waals surface area contributed by atoms with E-state index in [1.165, 1.54) is 0 Å². The number of halogens is 13. The molecule has 0 radical (unpaired) electrons. The van der Waals surface area contributed by atoms with Gasteiger partial charge in [-0.05, 0) is 46.4 Å². The second-order valence-corrected chi connectivity index (χ2v) is 4.09. The van der Waals surface area contributed by atoms with Crippen LogP contribution >= 0.6 is 58.0 Å². The van der Waals surface area contributed by atoms with Gasteiger partial charge in [0, 0.05) is 0 Å². The summed E-state index contributed by atoms with van der Waals surface area (Å²) in [7, 11) is 0. The van der Waals surface area contributed by atoms with Crippen molar-refractivity contribution >= 4 is 58.0 Å². The Labute approximate surface area is 115 Å². The van der Waals surface area contributed by atoms with Crippen molar-refractivity contribution in [3.63, 3.8) is 0 Å². The molecule has 0 rings (SSSR count). The number of hydrogen-bond donors (Lipinski definition) is 0. The second-order valence-electron chi connectivity index (χ2n) is 1.67. The van der Waals surface area contributed by atoms with E-state index in [0.29, 0.717) is 0 Å². The zero-order chi connectivity index (χ0) is 15.1. The molecule has 0 aliphatic rings. The monoisotopic (exact) mass is 376 g/mol. The first kappa shape index (κ1) is 23.0. The molecule has 0 saturated carbocycles. The summed E-state index contributed by atoms with van der Waals surface area (Å²) in [5, 5.41) is -9.32. The van der Waals surface area contributed by atoms with Gasteiger partial charge in [-0.3, -0.25) is 0 Å². The third-order valence-electron chi connectivity index (χ3n) is 0.321. The van der Waals surface area contributed by atoms with E-state index in [-0.39, 0.29) is 0 Å². The third kappa shape index (κ3) is 38.3. The van der Waals surface area contributed by atoms with Crippen molar-refractivity contribution in [3.8, 4) is 0 Å². The summed E-state index contributed by atoms with van der Waals surface area (Å²) in [6.45, 7) is 0. The van der Waals surface area contributed by atoms with Gasteiger partial charge >= 0.3 is 21.5 Å². The molecule has 0 spiro atoms. The van der Waals surface area contributed by atoms with Crippen molar-refractivity contribution < 1.29 is 35.1 Å². The highest BCUT2D eigenvalue weighted by atomic mass is 35.5. The van der Waals surface area contributed by atoms with E-state index in [1.807, 2.05) is 0 Å². The minimum absolute atomic E-state index is 2.69. The van der Waals surface area contributed by atoms with Crippen LogP contribution in [-0.2, 0) is 0 Å². The van der Waals surface area contributed by atoms with Crippen LogP contribution in [0.3, 0.4) is 0 Å². The first-order valence-corrected chi connectivity index (χ1v) is 4.74. The zero-order valence-corrected chi connectivity index (χ0v) is 10.8. The summed E-state index contributed by atoms with van der Waals surface area (Å²) in [6, 6.07) is 0. The molecule has 0 heterocycles. The van der Waals surface area contributed by atoms with Gasteiger partial charge < -0.3 is 0 Å². The van der Waals surface area contributed by atoms with Crippen molar-refractivity contribution in [1.82, 2.24) is 0 Å². The van der Waals surface area contributed by atoms with Crippen molar-refractivity contribution in [3.05, 3.63) is 0 Å². The van der Waals surface area contributed by atoms with Gasteiger partial charge in [-0.25, -0.2) is 0 Å². The first-order chi connectivity index (χ1) is 6.98. The maximum atomic E-state index is 11.1. The minimum Gasteiger partial charge on any atom is -0.192 e. The van der Waals surface area contributed by atoms with Crippen LogP contribution in [0.15, 0.2) is 0 Å². The SMILES string of the molecule is FC(F)(Cl)C(F)(F)Cl.FC(F)(Cl)Cl.FC(F)Cl. The number of alkyl halides is 13. The van der Waals surface area contributed by atoms with E-state index in [1.54, 1.807) is 0 Å². The van der Waals surface area contributed by atoms with E-state index >= 15 is 0 Å². The molecule has 0 aromatic rings. The van der Waals surface area contributed by atoms with Gasteiger partial charge in [-0.2, -0.15) is 35.1 Å². The lowest BCUT2D eigenvalue weighted by Crippen LogP contribution is -2.28. The Bertz CT molecular complexity index is 159. The van der Waals surface area contributed by atoms with Crippen molar-refractivity contribution in [2.45, 2.75) is 21.5 Å². The average molecular weight is 378 g/mol. The van der Waals surface area contributed by atoms with Gasteiger partial charge in [0.1, 0.15) is 0 Å². The standard InChI is InChI=1S/C2Cl2F4.CCl2F2.CHClF2/c3-1(5,6)2(4,7)8;2-1(3,4)5;2-1(3)4/h;;1H. The van der Waals surface area contributed by atoms with Crippen molar-refractivity contribution in [2.75, 3.05) is 0 Å². The first-order valence-electron chi connectivity index (χ1n) is 2.79. The quantitative estimate of drug-likeness (QED) is 0.381. The fraction of sp³-hybridized carbons (Fsp3) is 1.00. The Morgan fingerprint density at radius 1 is 0.647 bits per heavy atom. The van der Waals surface area contributed by atoms with Gasteiger partial charge in [0.05, 0.1) is 0 Å². The van der Waals surface area contributed by atoms with Gasteiger partial charge in [0.25, 0.3) is 0 Å². The molecule has 108 valence electrons. The molecular formula is C4HCl5F8. The Morgan fingerprint density at radius 3 is 0.706 bits per heavy atom. The smallest absolute Gasteiger partial charge is 0.192 e. The molecule has 0 N–H and O–H groups in total. The molecule has 0 aromatic heterocycles. The summed E-state index contributed by atoms with van der Waals surface area (Å²) in [4.78, 5) is -3.56. The van der Waals surface area contributed by atoms with Gasteiger partial charge in [-0.1, -0.05) is 11.6 Å². The van der Waals surface area contributed by atoms with Crippen molar-refractivity contribution in [1.29, 1.82) is 0 Å². The molecule has 0 aliphatic carbocycles. The fourth-order valence-corrected chi connectivity index (χ4v) is 0. The molecule has 0 aromatic carbocycles. The fourth-order valence-electron chi connectivity index (χ4n) is 0. The predicted molar refractivity (Wildman–Crippen MR) is 50.1 cm³/mol. The molecular weight excluding hydrogens is 377 g/mol. The van der Waals surface area contributed by atoms with Gasteiger partial charge in [0.2, 0.25) is 0 Å². The van der Waals surface area contributed by atoms with Crippen LogP contribution in [0.5, 0.6) is 0 Å². The van der Waals surface area contributed by atoms with E-state index in [2.05, 4.69) is 58.0 Å². The van der Waals surface area contributed by atoms with E-state index in [4.69, 9.17) is 0 Å². The summed E-state index contributed by atoms with van der Waals surface area (Å²) in [6.07, 6.45) is 0. The number of hydrogen-bond acceptors (Lipinski definition) is 0. The molecule has 0 atom stereocenters. The Kier molecular flexibility index (Phi) is 12.1. The van der Waals surface area contributed by atoms with Crippen molar-refractivity contribution in [2.24, 2.45) is 0 Å². The molecule has 0 unspecified atom stereocenters. The molecule has 17 heavy (non-hydrogen) atoms. The minimum atomic E-state index is -4.66. The van der Waals surface area contributed by atoms with Crippen LogP contribution in [0, 0.1) is 0 Å². The molecule has 0 fully saturated rings. The second kappa shape index (κ2) is 8.90. The lowest BCUT2D eigenvalue weighted by Gasteiger charge is -2.11. The maximum absolute atomic E-state index is 11.1. The number of rotatable bonds is 1. The van der Waals surface area contributed by atoms with Crippen LogP contribution in [0.25, 0.3) is 0 Å². The van der Waals surface area contributed by atoms with Crippen LogP contribution in [0.4, 0.5) is 35.1 Å². The lowest BCUT2D eigenvalue weighted by atomic mass is 10.7.